The van der Waals surface area contributed by atoms with Crippen molar-refractivity contribution in [3.8, 4) is 0 Å². The first-order chi connectivity index (χ1) is 10.1. The lowest BCUT2D eigenvalue weighted by molar-refractivity contribution is -0.116. The van der Waals surface area contributed by atoms with Crippen molar-refractivity contribution in [2.75, 3.05) is 12.4 Å². The fraction of sp³-hybridized carbons (Fsp3) is 0.267. The van der Waals surface area contributed by atoms with E-state index >= 15 is 0 Å². The summed E-state index contributed by atoms with van der Waals surface area (Å²) in [5, 5.41) is 2.70. The molecule has 1 amide bonds. The van der Waals surface area contributed by atoms with Crippen LogP contribution in [0.15, 0.2) is 34.9 Å². The van der Waals surface area contributed by atoms with Crippen LogP contribution in [-0.2, 0) is 16.0 Å². The summed E-state index contributed by atoms with van der Waals surface area (Å²) in [6.07, 6.45) is 2.26. The quantitative estimate of drug-likeness (QED) is 0.854. The van der Waals surface area contributed by atoms with E-state index in [-0.39, 0.29) is 12.3 Å². The Balaban J connectivity index is 1.98. The highest BCUT2D eigenvalue weighted by Gasteiger charge is 2.13. The summed E-state index contributed by atoms with van der Waals surface area (Å²) in [6, 6.07) is 6.70. The topological polar surface area (TPSA) is 81.4 Å². The molecule has 0 aliphatic rings. The average molecular weight is 288 g/mol. The maximum atomic E-state index is 11.9. The molecule has 0 fully saturated rings. The summed E-state index contributed by atoms with van der Waals surface area (Å²) in [7, 11) is 1.30. The van der Waals surface area contributed by atoms with Crippen molar-refractivity contribution in [1.82, 2.24) is 4.98 Å². The predicted molar refractivity (Wildman–Crippen MR) is 76.0 cm³/mol. The first-order valence-corrected chi connectivity index (χ1v) is 6.48. The predicted octanol–water partition coefficient (Wildman–Crippen LogP) is 2.34. The Bertz CT molecular complexity index is 649. The van der Waals surface area contributed by atoms with Gasteiger partial charge in [0.2, 0.25) is 5.91 Å². The van der Waals surface area contributed by atoms with Gasteiger partial charge in [-0.15, -0.1) is 0 Å². The number of nitrogens with zero attached hydrogens (tertiary/aromatic N) is 1. The number of oxazole rings is 1. The number of anilines is 1. The Kier molecular flexibility index (Phi) is 4.71. The van der Waals surface area contributed by atoms with E-state index in [0.717, 1.165) is 5.69 Å². The number of amides is 1. The first kappa shape index (κ1) is 14.8. The van der Waals surface area contributed by atoms with Gasteiger partial charge in [-0.05, 0) is 12.1 Å². The van der Waals surface area contributed by atoms with Crippen molar-refractivity contribution in [1.29, 1.82) is 0 Å². The minimum absolute atomic E-state index is 0.202. The normalized spacial score (nSPS) is 10.2. The van der Waals surface area contributed by atoms with Gasteiger partial charge in [0.05, 0.1) is 24.1 Å². The Morgan fingerprint density at radius 1 is 1.33 bits per heavy atom. The maximum Gasteiger partial charge on any atom is 0.339 e. The maximum absolute atomic E-state index is 11.9. The SMILES string of the molecule is COC(=O)c1ccccc1NC(=O)CCc1coc(C)n1. The molecule has 1 heterocycles. The van der Waals surface area contributed by atoms with Crippen LogP contribution >= 0.6 is 0 Å². The molecule has 0 atom stereocenters. The van der Waals surface area contributed by atoms with Gasteiger partial charge in [-0.25, -0.2) is 9.78 Å². The van der Waals surface area contributed by atoms with Crippen molar-refractivity contribution in [3.05, 3.63) is 47.7 Å². The summed E-state index contributed by atoms with van der Waals surface area (Å²) >= 11 is 0. The molecule has 0 spiro atoms. The smallest absolute Gasteiger partial charge is 0.339 e. The molecular weight excluding hydrogens is 272 g/mol. The average Bonchev–Trinajstić information content (AvgIpc) is 2.90. The van der Waals surface area contributed by atoms with Crippen molar-refractivity contribution in [2.45, 2.75) is 19.8 Å². The second kappa shape index (κ2) is 6.69. The molecule has 0 radical (unpaired) electrons. The van der Waals surface area contributed by atoms with Crippen molar-refractivity contribution < 1.29 is 18.7 Å². The largest absolute Gasteiger partial charge is 0.465 e. The number of benzene rings is 1. The molecule has 0 aliphatic heterocycles. The number of esters is 1. The molecule has 1 N–H and O–H groups in total. The summed E-state index contributed by atoms with van der Waals surface area (Å²) in [5.41, 5.74) is 1.49. The molecule has 6 nitrogen and oxygen atoms in total. The number of ether oxygens (including phenoxy) is 1. The third-order valence-electron chi connectivity index (χ3n) is 2.88. The van der Waals surface area contributed by atoms with E-state index in [1.54, 1.807) is 31.2 Å². The number of nitrogens with one attached hydrogen (secondary N) is 1. The summed E-state index contributed by atoms with van der Waals surface area (Å²) in [4.78, 5) is 27.7. The number of methoxy groups -OCH3 is 1. The van der Waals surface area contributed by atoms with Crippen molar-refractivity contribution in [2.24, 2.45) is 0 Å². The number of hydrogen-bond donors (Lipinski definition) is 1. The van der Waals surface area contributed by atoms with Gasteiger partial charge in [0.15, 0.2) is 5.89 Å². The highest BCUT2D eigenvalue weighted by Crippen LogP contribution is 2.16. The second-order valence-electron chi connectivity index (χ2n) is 4.44. The van der Waals surface area contributed by atoms with E-state index in [1.807, 2.05) is 0 Å². The van der Waals surface area contributed by atoms with Gasteiger partial charge in [-0.2, -0.15) is 0 Å². The van der Waals surface area contributed by atoms with Gasteiger partial charge in [-0.1, -0.05) is 12.1 Å². The van der Waals surface area contributed by atoms with Crippen LogP contribution in [0.25, 0.3) is 0 Å². The van der Waals surface area contributed by atoms with Gasteiger partial charge >= 0.3 is 5.97 Å². The van der Waals surface area contributed by atoms with E-state index in [4.69, 9.17) is 4.42 Å². The molecule has 6 heteroatoms. The lowest BCUT2D eigenvalue weighted by Gasteiger charge is -2.09. The number of aryl methyl sites for hydroxylation is 2. The van der Waals surface area contributed by atoms with Crippen LogP contribution in [0.1, 0.15) is 28.4 Å². The van der Waals surface area contributed by atoms with Gasteiger partial charge in [-0.3, -0.25) is 4.79 Å². The van der Waals surface area contributed by atoms with Gasteiger partial charge in [0.25, 0.3) is 0 Å². The minimum Gasteiger partial charge on any atom is -0.465 e. The Hall–Kier alpha value is -2.63. The molecule has 1 aromatic heterocycles. The standard InChI is InChI=1S/C15H16N2O4/c1-10-16-11(9-21-10)7-8-14(18)17-13-6-4-3-5-12(13)15(19)20-2/h3-6,9H,7-8H2,1-2H3,(H,17,18). The van der Waals surface area contributed by atoms with Crippen LogP contribution in [0.5, 0.6) is 0 Å². The third-order valence-corrected chi connectivity index (χ3v) is 2.88. The summed E-state index contributed by atoms with van der Waals surface area (Å²) < 4.78 is 9.75. The molecule has 0 unspecified atom stereocenters. The minimum atomic E-state index is -0.488. The van der Waals surface area contributed by atoms with Crippen molar-refractivity contribution in [3.63, 3.8) is 0 Å². The highest BCUT2D eigenvalue weighted by atomic mass is 16.5. The van der Waals surface area contributed by atoms with Crippen LogP contribution in [0.4, 0.5) is 5.69 Å². The number of aromatic nitrogens is 1. The van der Waals surface area contributed by atoms with E-state index in [0.29, 0.717) is 23.6 Å². The zero-order valence-electron chi connectivity index (χ0n) is 11.9. The molecule has 0 aliphatic carbocycles. The molecule has 110 valence electrons. The van der Waals surface area contributed by atoms with Crippen LogP contribution in [0.2, 0.25) is 0 Å². The Morgan fingerprint density at radius 2 is 2.10 bits per heavy atom. The van der Waals surface area contributed by atoms with Gasteiger partial charge in [0, 0.05) is 19.8 Å². The molecule has 0 bridgehead atoms. The summed E-state index contributed by atoms with van der Waals surface area (Å²) in [6.45, 7) is 1.75. The lowest BCUT2D eigenvalue weighted by atomic mass is 10.1. The third kappa shape index (κ3) is 3.92. The van der Waals surface area contributed by atoms with E-state index in [9.17, 15) is 9.59 Å². The number of carbonyl (C=O) groups is 2. The fourth-order valence-electron chi connectivity index (χ4n) is 1.86. The molecule has 21 heavy (non-hydrogen) atoms. The number of hydrogen-bond acceptors (Lipinski definition) is 5. The fourth-order valence-corrected chi connectivity index (χ4v) is 1.86. The molecule has 2 aromatic rings. The number of carbonyl (C=O) groups excluding carboxylic acids is 2. The molecule has 1 aromatic carbocycles. The Labute approximate surface area is 122 Å². The summed E-state index contributed by atoms with van der Waals surface area (Å²) in [5.74, 6) is -0.119. The van der Waals surface area contributed by atoms with E-state index < -0.39 is 5.97 Å². The van der Waals surface area contributed by atoms with Crippen LogP contribution in [0.3, 0.4) is 0 Å². The molecule has 2 rings (SSSR count). The monoisotopic (exact) mass is 288 g/mol. The van der Waals surface area contributed by atoms with Crippen LogP contribution in [-0.4, -0.2) is 24.0 Å². The lowest BCUT2D eigenvalue weighted by Crippen LogP contribution is -2.15. The van der Waals surface area contributed by atoms with Crippen LogP contribution in [0, 0.1) is 6.92 Å². The second-order valence-corrected chi connectivity index (χ2v) is 4.44. The van der Waals surface area contributed by atoms with E-state index in [1.165, 1.54) is 13.4 Å². The first-order valence-electron chi connectivity index (χ1n) is 6.48. The number of para-hydroxylation sites is 1. The van der Waals surface area contributed by atoms with Crippen molar-refractivity contribution >= 4 is 17.6 Å². The zero-order chi connectivity index (χ0) is 15.2. The van der Waals surface area contributed by atoms with Gasteiger partial charge in [0.1, 0.15) is 6.26 Å². The number of rotatable bonds is 5. The zero-order valence-corrected chi connectivity index (χ0v) is 11.9. The molecule has 0 saturated heterocycles. The van der Waals surface area contributed by atoms with Crippen LogP contribution < -0.4 is 5.32 Å². The molecule has 0 saturated carbocycles. The Morgan fingerprint density at radius 3 is 2.76 bits per heavy atom. The van der Waals surface area contributed by atoms with Gasteiger partial charge < -0.3 is 14.5 Å². The molecular formula is C15H16N2O4. The highest BCUT2D eigenvalue weighted by molar-refractivity contribution is 6.01. The van der Waals surface area contributed by atoms with E-state index in [2.05, 4.69) is 15.0 Å².